The van der Waals surface area contributed by atoms with Crippen molar-refractivity contribution in [1.82, 2.24) is 5.32 Å². The fraction of sp³-hybridized carbons (Fsp3) is 0.364. The SMILES string of the molecule is N[C@]1(C[n+]2ccccc2)C[C@@H](C(=O)O)NC1=O. The average molecular weight is 236 g/mol. The number of carbonyl (C=O) groups excluding carboxylic acids is 1. The molecule has 2 rings (SSSR count). The van der Waals surface area contributed by atoms with E-state index in [4.69, 9.17) is 10.8 Å². The number of aliphatic carboxylic acids is 1. The minimum Gasteiger partial charge on any atom is -0.480 e. The van der Waals surface area contributed by atoms with E-state index in [-0.39, 0.29) is 13.0 Å². The van der Waals surface area contributed by atoms with E-state index >= 15 is 0 Å². The molecular weight excluding hydrogens is 222 g/mol. The first-order valence-electron chi connectivity index (χ1n) is 5.28. The molecule has 0 saturated carbocycles. The van der Waals surface area contributed by atoms with Crippen LogP contribution in [-0.4, -0.2) is 28.6 Å². The van der Waals surface area contributed by atoms with Gasteiger partial charge >= 0.3 is 5.97 Å². The summed E-state index contributed by atoms with van der Waals surface area (Å²) in [6.45, 7) is 0.267. The van der Waals surface area contributed by atoms with Gasteiger partial charge in [0.25, 0.3) is 0 Å². The standard InChI is InChI=1S/C11H13N3O3/c12-11(7-14-4-2-1-3-5-14)6-8(9(15)16)13-10(11)17/h1-5,8H,6-7,12H2,(H-,13,15,16,17)/p+1/t8-,11-/m0/s1. The van der Waals surface area contributed by atoms with E-state index in [1.165, 1.54) is 0 Å². The van der Waals surface area contributed by atoms with Gasteiger partial charge in [-0.3, -0.25) is 4.79 Å². The van der Waals surface area contributed by atoms with Gasteiger partial charge < -0.3 is 16.2 Å². The quantitative estimate of drug-likeness (QED) is 0.565. The van der Waals surface area contributed by atoms with Gasteiger partial charge in [-0.15, -0.1) is 0 Å². The van der Waals surface area contributed by atoms with E-state index in [9.17, 15) is 9.59 Å². The highest BCUT2D eigenvalue weighted by Crippen LogP contribution is 2.18. The van der Waals surface area contributed by atoms with Crippen LogP contribution in [0.3, 0.4) is 0 Å². The first-order chi connectivity index (χ1) is 8.01. The van der Waals surface area contributed by atoms with Crippen LogP contribution in [0.4, 0.5) is 0 Å². The third-order valence-corrected chi connectivity index (χ3v) is 2.87. The molecule has 1 amide bonds. The van der Waals surface area contributed by atoms with Gasteiger partial charge in [-0.1, -0.05) is 6.07 Å². The van der Waals surface area contributed by atoms with E-state index in [0.717, 1.165) is 0 Å². The molecule has 90 valence electrons. The summed E-state index contributed by atoms with van der Waals surface area (Å²) in [5.74, 6) is -1.47. The van der Waals surface area contributed by atoms with Crippen molar-refractivity contribution in [1.29, 1.82) is 0 Å². The molecule has 1 aromatic heterocycles. The number of nitrogens with two attached hydrogens (primary N) is 1. The molecule has 0 aromatic carbocycles. The lowest BCUT2D eigenvalue weighted by Crippen LogP contribution is -2.57. The molecule has 0 radical (unpaired) electrons. The Morgan fingerprint density at radius 2 is 2.18 bits per heavy atom. The lowest BCUT2D eigenvalue weighted by molar-refractivity contribution is -0.701. The van der Waals surface area contributed by atoms with Crippen LogP contribution in [0.2, 0.25) is 0 Å². The second-order valence-electron chi connectivity index (χ2n) is 4.27. The number of amides is 1. The molecule has 6 heteroatoms. The molecule has 6 nitrogen and oxygen atoms in total. The van der Waals surface area contributed by atoms with Gasteiger partial charge in [0.1, 0.15) is 6.04 Å². The summed E-state index contributed by atoms with van der Waals surface area (Å²) in [5.41, 5.74) is 4.81. The molecule has 0 aliphatic carbocycles. The Hall–Kier alpha value is -1.95. The monoisotopic (exact) mass is 236 g/mol. The zero-order valence-electron chi connectivity index (χ0n) is 9.17. The highest BCUT2D eigenvalue weighted by Gasteiger charge is 2.49. The van der Waals surface area contributed by atoms with E-state index in [1.807, 2.05) is 18.2 Å². The summed E-state index contributed by atoms with van der Waals surface area (Å²) in [4.78, 5) is 22.5. The van der Waals surface area contributed by atoms with Crippen LogP contribution in [0.5, 0.6) is 0 Å². The summed E-state index contributed by atoms with van der Waals surface area (Å²) in [5, 5.41) is 11.2. The Morgan fingerprint density at radius 3 is 2.71 bits per heavy atom. The maximum atomic E-state index is 11.7. The highest BCUT2D eigenvalue weighted by molar-refractivity contribution is 5.94. The number of aromatic nitrogens is 1. The second-order valence-corrected chi connectivity index (χ2v) is 4.27. The van der Waals surface area contributed by atoms with Gasteiger partial charge in [-0.25, -0.2) is 9.36 Å². The third-order valence-electron chi connectivity index (χ3n) is 2.87. The Morgan fingerprint density at radius 1 is 1.53 bits per heavy atom. The molecule has 0 spiro atoms. The number of carbonyl (C=O) groups is 2. The van der Waals surface area contributed by atoms with Crippen LogP contribution >= 0.6 is 0 Å². The number of hydrogen-bond donors (Lipinski definition) is 3. The molecule has 17 heavy (non-hydrogen) atoms. The topological polar surface area (TPSA) is 96.3 Å². The smallest absolute Gasteiger partial charge is 0.326 e. The summed E-state index contributed by atoms with van der Waals surface area (Å²) in [6, 6.07) is 4.61. The van der Waals surface area contributed by atoms with Gasteiger partial charge in [-0.05, 0) is 0 Å². The lowest BCUT2D eigenvalue weighted by Gasteiger charge is -2.16. The largest absolute Gasteiger partial charge is 0.480 e. The van der Waals surface area contributed by atoms with Gasteiger partial charge in [0.05, 0.1) is 0 Å². The summed E-state index contributed by atoms with van der Waals surface area (Å²) in [6.07, 6.45) is 3.68. The normalized spacial score (nSPS) is 27.8. The fourth-order valence-electron chi connectivity index (χ4n) is 1.96. The van der Waals surface area contributed by atoms with Crippen LogP contribution in [0.25, 0.3) is 0 Å². The molecule has 1 aromatic rings. The predicted octanol–water partition coefficient (Wildman–Crippen LogP) is -1.36. The summed E-state index contributed by atoms with van der Waals surface area (Å²) in [7, 11) is 0. The number of nitrogens with zero attached hydrogens (tertiary/aromatic N) is 1. The summed E-state index contributed by atoms with van der Waals surface area (Å²) >= 11 is 0. The number of pyridine rings is 1. The Bertz CT molecular complexity index is 449. The third kappa shape index (κ3) is 2.26. The van der Waals surface area contributed by atoms with Crippen molar-refractivity contribution < 1.29 is 19.3 Å². The van der Waals surface area contributed by atoms with Crippen LogP contribution in [0.15, 0.2) is 30.6 Å². The van der Waals surface area contributed by atoms with E-state index in [0.29, 0.717) is 0 Å². The van der Waals surface area contributed by atoms with Gasteiger partial charge in [0.2, 0.25) is 5.91 Å². The molecule has 4 N–H and O–H groups in total. The van der Waals surface area contributed by atoms with Crippen LogP contribution in [-0.2, 0) is 16.1 Å². The molecule has 2 heterocycles. The maximum Gasteiger partial charge on any atom is 0.326 e. The molecule has 1 aliphatic heterocycles. The second kappa shape index (κ2) is 4.14. The molecule has 1 aliphatic rings. The average Bonchev–Trinajstić information content (AvgIpc) is 2.57. The van der Waals surface area contributed by atoms with Crippen molar-refractivity contribution in [2.45, 2.75) is 24.5 Å². The molecule has 0 bridgehead atoms. The minimum absolute atomic E-state index is 0.100. The van der Waals surface area contributed by atoms with Crippen molar-refractivity contribution >= 4 is 11.9 Å². The zero-order valence-corrected chi connectivity index (χ0v) is 9.17. The number of rotatable bonds is 3. The molecule has 1 fully saturated rings. The number of nitrogens with one attached hydrogen (secondary N) is 1. The van der Waals surface area contributed by atoms with Gasteiger partial charge in [0, 0.05) is 18.6 Å². The lowest BCUT2D eigenvalue weighted by atomic mass is 9.96. The number of hydrogen-bond acceptors (Lipinski definition) is 3. The zero-order chi connectivity index (χ0) is 12.5. The fourth-order valence-corrected chi connectivity index (χ4v) is 1.96. The maximum absolute atomic E-state index is 11.7. The van der Waals surface area contributed by atoms with Crippen molar-refractivity contribution in [3.05, 3.63) is 30.6 Å². The predicted molar refractivity (Wildman–Crippen MR) is 57.7 cm³/mol. The van der Waals surface area contributed by atoms with Gasteiger partial charge in [-0.2, -0.15) is 0 Å². The van der Waals surface area contributed by atoms with E-state index in [1.54, 1.807) is 17.0 Å². The first-order valence-corrected chi connectivity index (χ1v) is 5.28. The summed E-state index contributed by atoms with van der Waals surface area (Å²) < 4.78 is 1.77. The van der Waals surface area contributed by atoms with E-state index in [2.05, 4.69) is 5.32 Å². The highest BCUT2D eigenvalue weighted by atomic mass is 16.4. The van der Waals surface area contributed by atoms with Crippen LogP contribution in [0, 0.1) is 0 Å². The minimum atomic E-state index is -1.16. The van der Waals surface area contributed by atoms with Crippen molar-refractivity contribution in [3.8, 4) is 0 Å². The van der Waals surface area contributed by atoms with Gasteiger partial charge in [0.15, 0.2) is 24.5 Å². The van der Waals surface area contributed by atoms with Crippen molar-refractivity contribution in [2.75, 3.05) is 0 Å². The Kier molecular flexibility index (Phi) is 2.81. The van der Waals surface area contributed by atoms with E-state index < -0.39 is 23.5 Å². The van der Waals surface area contributed by atoms with Crippen molar-refractivity contribution in [3.63, 3.8) is 0 Å². The molecule has 1 saturated heterocycles. The molecular formula is C11H14N3O3+. The molecule has 2 atom stereocenters. The molecule has 0 unspecified atom stereocenters. The van der Waals surface area contributed by atoms with Crippen LogP contribution in [0.1, 0.15) is 6.42 Å². The van der Waals surface area contributed by atoms with Crippen LogP contribution < -0.4 is 15.6 Å². The Balaban J connectivity index is 2.15. The van der Waals surface area contributed by atoms with Crippen molar-refractivity contribution in [2.24, 2.45) is 5.73 Å². The number of carboxylic acids is 1. The first kappa shape index (κ1) is 11.5. The number of carboxylic acid groups (broad SMARTS) is 1. The Labute approximate surface area is 98.1 Å².